The Morgan fingerprint density at radius 2 is 1.75 bits per heavy atom. The molecule has 0 unspecified atom stereocenters. The van der Waals surface area contributed by atoms with Crippen molar-refractivity contribution in [2.24, 2.45) is 0 Å². The fourth-order valence-corrected chi connectivity index (χ4v) is 0. The van der Waals surface area contributed by atoms with Crippen molar-refractivity contribution in [2.75, 3.05) is 0 Å². The third kappa shape index (κ3) is 12.7. The fourth-order valence-electron chi connectivity index (χ4n) is 0. The predicted octanol–water partition coefficient (Wildman–Crippen LogP) is -4.17. The number of nitrogens with zero attached hydrogens (tertiary/aromatic N) is 1. The largest absolute Gasteiger partial charge is 1.00 e. The third-order valence-corrected chi connectivity index (χ3v) is 0. The minimum Gasteiger partial charge on any atom is -0.812 e. The molecule has 2 nitrogen and oxygen atoms in total. The Hall–Kier alpha value is 0.926. The van der Waals surface area contributed by atoms with Crippen LogP contribution >= 0.6 is 0 Å². The first-order valence-electron chi connectivity index (χ1n) is 0.428. The van der Waals surface area contributed by atoms with Crippen LogP contribution in [0.2, 0.25) is 0 Å². The van der Waals surface area contributed by atoms with Crippen LogP contribution in [0, 0.1) is 11.5 Å². The van der Waals surface area contributed by atoms with E-state index in [2.05, 4.69) is 0 Å². The van der Waals surface area contributed by atoms with E-state index >= 15 is 0 Å². The molecule has 0 amide bonds. The van der Waals surface area contributed by atoms with Gasteiger partial charge in [0.1, 0.15) is 0 Å². The second-order valence-electron chi connectivity index (χ2n) is 0.0913. The molecule has 0 atom stereocenters. The number of hydrogen-bond donors (Lipinski definition) is 0. The van der Waals surface area contributed by atoms with Crippen LogP contribution in [0.3, 0.4) is 0 Å². The summed E-state index contributed by atoms with van der Waals surface area (Å²) in [5.41, 5.74) is 0. The van der Waals surface area contributed by atoms with E-state index in [1.807, 2.05) is 0 Å². The van der Waals surface area contributed by atoms with Crippen LogP contribution in [0.15, 0.2) is 0 Å². The molecule has 0 fully saturated rings. The van der Waals surface area contributed by atoms with Gasteiger partial charge in [0.2, 0.25) is 0 Å². The average molecular weight is 82.1 g/mol. The van der Waals surface area contributed by atoms with E-state index < -0.39 is 0 Å². The summed E-state index contributed by atoms with van der Waals surface area (Å²) in [6.45, 7) is 0. The smallest absolute Gasteiger partial charge is 0.812 e. The predicted molar refractivity (Wildman–Crippen MR) is 5.61 cm³/mol. The van der Waals surface area contributed by atoms with Crippen LogP contribution in [0.5, 0.6) is 0 Å². The molecule has 16 valence electrons. The SMILES string of the molecule is [15N]#C[O-].[K+]. The second kappa shape index (κ2) is 9.06. The molecular formula is CKNO. The Morgan fingerprint density at radius 3 is 1.75 bits per heavy atom. The van der Waals surface area contributed by atoms with Gasteiger partial charge in [-0.15, -0.1) is 0 Å². The normalized spacial score (nSPS) is 1.75. The average Bonchev–Trinajstić information content (AvgIpc) is 0.918. The van der Waals surface area contributed by atoms with Crippen LogP contribution in [0.1, 0.15) is 0 Å². The van der Waals surface area contributed by atoms with Crippen LogP contribution in [-0.2, 0) is 0 Å². The Morgan fingerprint density at radius 1 is 1.75 bits per heavy atom. The number of nitriles is 1. The summed E-state index contributed by atoms with van der Waals surface area (Å²) in [7, 11) is 0. The van der Waals surface area contributed by atoms with Gasteiger partial charge in [-0.25, -0.2) is 5.26 Å². The van der Waals surface area contributed by atoms with Crippen molar-refractivity contribution in [3.8, 4) is 6.26 Å². The van der Waals surface area contributed by atoms with E-state index in [1.54, 1.807) is 0 Å². The molecule has 0 aliphatic rings. The van der Waals surface area contributed by atoms with Crippen molar-refractivity contribution in [3.05, 3.63) is 0 Å². The summed E-state index contributed by atoms with van der Waals surface area (Å²) in [5, 5.41) is 15.0. The molecule has 0 aromatic rings. The third-order valence-electron chi connectivity index (χ3n) is 0. The maximum absolute atomic E-state index is 8.24. The van der Waals surface area contributed by atoms with Crippen molar-refractivity contribution in [2.45, 2.75) is 0 Å². The molecule has 0 heterocycles. The minimum atomic E-state index is 0. The molecule has 0 N–H and O–H groups in total. The minimum absolute atomic E-state index is 0. The van der Waals surface area contributed by atoms with Crippen molar-refractivity contribution in [1.82, 2.24) is 0 Å². The van der Waals surface area contributed by atoms with E-state index in [1.165, 1.54) is 0 Å². The van der Waals surface area contributed by atoms with Gasteiger partial charge in [-0.1, -0.05) is 0 Å². The molecular weight excluding hydrogens is 82.1 g/mol. The van der Waals surface area contributed by atoms with Gasteiger partial charge in [0.25, 0.3) is 0 Å². The summed E-state index contributed by atoms with van der Waals surface area (Å²) in [5.74, 6) is 0. The maximum atomic E-state index is 8.24. The zero-order valence-corrected chi connectivity index (χ0v) is 5.48. The fraction of sp³-hybridized carbons (Fsp3) is 0. The van der Waals surface area contributed by atoms with Crippen LogP contribution in [0.4, 0.5) is 0 Å². The van der Waals surface area contributed by atoms with E-state index in [0.717, 1.165) is 0 Å². The van der Waals surface area contributed by atoms with Crippen LogP contribution < -0.4 is 56.5 Å². The van der Waals surface area contributed by atoms with Gasteiger partial charge in [-0.3, -0.25) is 0 Å². The van der Waals surface area contributed by atoms with Gasteiger partial charge in [-0.05, 0) is 0 Å². The van der Waals surface area contributed by atoms with E-state index in [4.69, 9.17) is 10.4 Å². The first kappa shape index (κ1) is 8.87. The zero-order valence-electron chi connectivity index (χ0n) is 2.36. The van der Waals surface area contributed by atoms with Gasteiger partial charge in [0, 0.05) is 6.26 Å². The van der Waals surface area contributed by atoms with Gasteiger partial charge in [0.15, 0.2) is 0 Å². The first-order valence-corrected chi connectivity index (χ1v) is 0.428. The topological polar surface area (TPSA) is 46.8 Å². The van der Waals surface area contributed by atoms with Crippen molar-refractivity contribution in [1.29, 1.82) is 5.26 Å². The quantitative estimate of drug-likeness (QED) is 0.169. The molecule has 0 aliphatic carbocycles. The monoisotopic (exact) mass is 82.0 g/mol. The Bertz CT molecular complexity index is 29.5. The van der Waals surface area contributed by atoms with Crippen molar-refractivity contribution < 1.29 is 56.5 Å². The molecule has 0 radical (unpaired) electrons. The maximum Gasteiger partial charge on any atom is 1.00 e. The molecule has 4 heavy (non-hydrogen) atoms. The van der Waals surface area contributed by atoms with Crippen LogP contribution in [-0.4, -0.2) is 0 Å². The second-order valence-corrected chi connectivity index (χ2v) is 0.0913. The molecule has 0 bridgehead atoms. The molecule has 0 aromatic heterocycles. The zero-order chi connectivity index (χ0) is 2.71. The van der Waals surface area contributed by atoms with E-state index in [9.17, 15) is 0 Å². The van der Waals surface area contributed by atoms with Gasteiger partial charge < -0.3 is 5.11 Å². The molecule has 0 saturated carbocycles. The van der Waals surface area contributed by atoms with Gasteiger partial charge >= 0.3 is 51.4 Å². The summed E-state index contributed by atoms with van der Waals surface area (Å²) >= 11 is 0. The van der Waals surface area contributed by atoms with Gasteiger partial charge in [-0.2, -0.15) is 0 Å². The summed E-state index contributed by atoms with van der Waals surface area (Å²) in [4.78, 5) is 0. The Balaban J connectivity index is 0. The number of hydrogen-bond acceptors (Lipinski definition) is 2. The molecule has 0 aliphatic heterocycles. The Labute approximate surface area is 66.8 Å². The Kier molecular flexibility index (Phi) is 20.1. The summed E-state index contributed by atoms with van der Waals surface area (Å²) in [6.07, 6.45) is 0.500. The van der Waals surface area contributed by atoms with E-state index in [-0.39, 0.29) is 51.4 Å². The standard InChI is InChI=1S/CHNO.K/c2-1-3;/h3H;/q;+1/p-1/i2+1;. The molecule has 0 rings (SSSR count). The van der Waals surface area contributed by atoms with E-state index in [0.29, 0.717) is 6.26 Å². The molecule has 0 aromatic carbocycles. The summed E-state index contributed by atoms with van der Waals surface area (Å²) in [6, 6.07) is 0. The van der Waals surface area contributed by atoms with Gasteiger partial charge in [0.05, 0.1) is 0 Å². The van der Waals surface area contributed by atoms with Crippen LogP contribution in [0.25, 0.3) is 0 Å². The van der Waals surface area contributed by atoms with Crippen molar-refractivity contribution in [3.63, 3.8) is 0 Å². The molecule has 0 saturated heterocycles. The van der Waals surface area contributed by atoms with Crippen molar-refractivity contribution >= 4 is 0 Å². The molecule has 3 heteroatoms. The first-order chi connectivity index (χ1) is 1.41. The summed E-state index contributed by atoms with van der Waals surface area (Å²) < 4.78 is 0. The number of rotatable bonds is 0. The molecule has 0 spiro atoms.